The Labute approximate surface area is 77.4 Å². The highest BCUT2D eigenvalue weighted by Gasteiger charge is 2.10. The third kappa shape index (κ3) is 1.95. The largest absolute Gasteiger partial charge is 0.465 e. The first-order valence-corrected chi connectivity index (χ1v) is 3.43. The first-order valence-electron chi connectivity index (χ1n) is 3.43. The molecule has 0 unspecified atom stereocenters. The van der Waals surface area contributed by atoms with E-state index >= 15 is 0 Å². The summed E-state index contributed by atoms with van der Waals surface area (Å²) in [6, 6.07) is 2.67. The quantitative estimate of drug-likeness (QED) is 0.723. The number of hydrogen-bond acceptors (Lipinski definition) is 2. The van der Waals surface area contributed by atoms with Crippen LogP contribution in [0, 0.1) is 23.0 Å². The topological polar surface area (TPSA) is 73.1 Å². The Kier molecular flexibility index (Phi) is 2.62. The normalized spacial score (nSPS) is 9.21. The van der Waals surface area contributed by atoms with Gasteiger partial charge in [-0.15, -0.1) is 0 Å². The number of rotatable bonds is 1. The Morgan fingerprint density at radius 1 is 1.43 bits per heavy atom. The van der Waals surface area contributed by atoms with Crippen molar-refractivity contribution < 1.29 is 18.7 Å². The summed E-state index contributed by atoms with van der Waals surface area (Å²) in [5, 5.41) is 18.2. The summed E-state index contributed by atoms with van der Waals surface area (Å²) in [6.45, 7) is 0. The first kappa shape index (κ1) is 9.92. The van der Waals surface area contributed by atoms with Crippen molar-refractivity contribution in [1.82, 2.24) is 0 Å². The second-order valence-corrected chi connectivity index (χ2v) is 2.35. The predicted octanol–water partition coefficient (Wildman–Crippen LogP) is 1.93. The number of anilines is 1. The fourth-order valence-electron chi connectivity index (χ4n) is 0.844. The van der Waals surface area contributed by atoms with Crippen LogP contribution in [0.5, 0.6) is 0 Å². The number of benzene rings is 1. The van der Waals surface area contributed by atoms with E-state index in [0.717, 1.165) is 0 Å². The molecule has 4 nitrogen and oxygen atoms in total. The SMILES string of the molecule is N#Cc1cc(F)c(NC(=O)O)cc1F. The van der Waals surface area contributed by atoms with E-state index in [4.69, 9.17) is 10.4 Å². The van der Waals surface area contributed by atoms with Gasteiger partial charge in [-0.25, -0.2) is 13.6 Å². The van der Waals surface area contributed by atoms with Gasteiger partial charge in [0.15, 0.2) is 0 Å². The third-order valence-electron chi connectivity index (χ3n) is 1.42. The van der Waals surface area contributed by atoms with Gasteiger partial charge in [0.1, 0.15) is 17.7 Å². The fourth-order valence-corrected chi connectivity index (χ4v) is 0.844. The van der Waals surface area contributed by atoms with Crippen LogP contribution >= 0.6 is 0 Å². The summed E-state index contributed by atoms with van der Waals surface area (Å²) < 4.78 is 25.8. The molecule has 0 aliphatic heterocycles. The molecule has 0 aliphatic rings. The maximum Gasteiger partial charge on any atom is 0.409 e. The van der Waals surface area contributed by atoms with Crippen LogP contribution in [0.4, 0.5) is 19.3 Å². The smallest absolute Gasteiger partial charge is 0.409 e. The van der Waals surface area contributed by atoms with Crippen LogP contribution in [0.3, 0.4) is 0 Å². The Morgan fingerprint density at radius 2 is 2.07 bits per heavy atom. The zero-order valence-electron chi connectivity index (χ0n) is 6.71. The van der Waals surface area contributed by atoms with Crippen LogP contribution in [0.2, 0.25) is 0 Å². The van der Waals surface area contributed by atoms with E-state index in [9.17, 15) is 13.6 Å². The van der Waals surface area contributed by atoms with E-state index in [-0.39, 0.29) is 0 Å². The second kappa shape index (κ2) is 3.70. The molecule has 1 amide bonds. The van der Waals surface area contributed by atoms with E-state index in [2.05, 4.69) is 0 Å². The molecule has 6 heteroatoms. The average molecular weight is 198 g/mol. The summed E-state index contributed by atoms with van der Waals surface area (Å²) in [7, 11) is 0. The minimum absolute atomic E-state index is 0.474. The lowest BCUT2D eigenvalue weighted by Crippen LogP contribution is -2.09. The summed E-state index contributed by atoms with van der Waals surface area (Å²) in [6.07, 6.45) is -1.51. The van der Waals surface area contributed by atoms with Gasteiger partial charge in [0, 0.05) is 6.07 Å². The van der Waals surface area contributed by atoms with Crippen molar-refractivity contribution in [2.45, 2.75) is 0 Å². The van der Waals surface area contributed by atoms with Crippen molar-refractivity contribution in [2.24, 2.45) is 0 Å². The molecule has 0 aromatic heterocycles. The molecule has 0 atom stereocenters. The summed E-state index contributed by atoms with van der Waals surface area (Å²) in [5.74, 6) is -1.97. The standard InChI is InChI=1S/C8H4F2N2O2/c9-5-2-7(12-8(13)14)6(10)1-4(5)3-11/h1-2,12H,(H,13,14). The Morgan fingerprint density at radius 3 is 2.57 bits per heavy atom. The highest BCUT2D eigenvalue weighted by molar-refractivity contribution is 5.83. The molecule has 0 bridgehead atoms. The lowest BCUT2D eigenvalue weighted by atomic mass is 10.2. The van der Waals surface area contributed by atoms with Gasteiger partial charge in [0.25, 0.3) is 0 Å². The predicted molar refractivity (Wildman–Crippen MR) is 42.7 cm³/mol. The van der Waals surface area contributed by atoms with Gasteiger partial charge in [-0.2, -0.15) is 5.26 Å². The van der Waals surface area contributed by atoms with Gasteiger partial charge >= 0.3 is 6.09 Å². The third-order valence-corrected chi connectivity index (χ3v) is 1.42. The van der Waals surface area contributed by atoms with Crippen molar-refractivity contribution >= 4 is 11.8 Å². The molecule has 0 aliphatic carbocycles. The van der Waals surface area contributed by atoms with Crippen LogP contribution in [0.15, 0.2) is 12.1 Å². The van der Waals surface area contributed by atoms with Crippen LogP contribution in [-0.2, 0) is 0 Å². The Bertz CT molecular complexity index is 426. The van der Waals surface area contributed by atoms with Gasteiger partial charge in [-0.1, -0.05) is 0 Å². The molecule has 1 rings (SSSR count). The van der Waals surface area contributed by atoms with Gasteiger partial charge < -0.3 is 5.11 Å². The van der Waals surface area contributed by atoms with Crippen LogP contribution in [0.1, 0.15) is 5.56 Å². The lowest BCUT2D eigenvalue weighted by Gasteiger charge is -2.03. The van der Waals surface area contributed by atoms with Crippen LogP contribution in [0.25, 0.3) is 0 Å². The minimum atomic E-state index is -1.51. The molecule has 1 aromatic carbocycles. The maximum atomic E-state index is 12.9. The minimum Gasteiger partial charge on any atom is -0.465 e. The molecule has 14 heavy (non-hydrogen) atoms. The fraction of sp³-hybridized carbons (Fsp3) is 0. The van der Waals surface area contributed by atoms with E-state index < -0.39 is 29.0 Å². The molecule has 0 heterocycles. The van der Waals surface area contributed by atoms with E-state index in [1.54, 1.807) is 5.32 Å². The Hall–Kier alpha value is -2.16. The molecule has 72 valence electrons. The number of amides is 1. The zero-order chi connectivity index (χ0) is 10.7. The van der Waals surface area contributed by atoms with Gasteiger partial charge in [-0.3, -0.25) is 5.32 Å². The molecular formula is C8H4F2N2O2. The summed E-state index contributed by atoms with van der Waals surface area (Å²) in [4.78, 5) is 10.1. The number of nitrogens with one attached hydrogen (secondary N) is 1. The van der Waals surface area contributed by atoms with E-state index in [1.807, 2.05) is 0 Å². The number of carbonyl (C=O) groups is 1. The summed E-state index contributed by atoms with van der Waals surface area (Å²) in [5.41, 5.74) is -0.993. The van der Waals surface area contributed by atoms with Crippen molar-refractivity contribution in [3.8, 4) is 6.07 Å². The first-order chi connectivity index (χ1) is 6.54. The van der Waals surface area contributed by atoms with Crippen molar-refractivity contribution in [1.29, 1.82) is 5.26 Å². The van der Waals surface area contributed by atoms with Gasteiger partial charge in [-0.05, 0) is 6.07 Å². The molecule has 1 aromatic rings. The maximum absolute atomic E-state index is 12.9. The monoisotopic (exact) mass is 198 g/mol. The van der Waals surface area contributed by atoms with Crippen molar-refractivity contribution in [3.63, 3.8) is 0 Å². The number of nitriles is 1. The molecule has 0 saturated carbocycles. The number of hydrogen-bond donors (Lipinski definition) is 2. The lowest BCUT2D eigenvalue weighted by molar-refractivity contribution is 0.209. The number of nitrogens with zero attached hydrogens (tertiary/aromatic N) is 1. The molecule has 0 saturated heterocycles. The van der Waals surface area contributed by atoms with E-state index in [0.29, 0.717) is 12.1 Å². The summed E-state index contributed by atoms with van der Waals surface area (Å²) >= 11 is 0. The number of halogens is 2. The second-order valence-electron chi connectivity index (χ2n) is 2.35. The number of carboxylic acid groups (broad SMARTS) is 1. The van der Waals surface area contributed by atoms with Crippen LogP contribution in [-0.4, -0.2) is 11.2 Å². The average Bonchev–Trinajstić information content (AvgIpc) is 2.10. The van der Waals surface area contributed by atoms with Crippen LogP contribution < -0.4 is 5.32 Å². The molecular weight excluding hydrogens is 194 g/mol. The molecule has 0 radical (unpaired) electrons. The van der Waals surface area contributed by atoms with E-state index in [1.165, 1.54) is 6.07 Å². The van der Waals surface area contributed by atoms with Gasteiger partial charge in [0.05, 0.1) is 11.3 Å². The van der Waals surface area contributed by atoms with Crippen molar-refractivity contribution in [3.05, 3.63) is 29.3 Å². The molecule has 2 N–H and O–H groups in total. The molecule has 0 spiro atoms. The van der Waals surface area contributed by atoms with Gasteiger partial charge in [0.2, 0.25) is 0 Å². The van der Waals surface area contributed by atoms with Crippen molar-refractivity contribution in [2.75, 3.05) is 5.32 Å². The highest BCUT2D eigenvalue weighted by Crippen LogP contribution is 2.18. The molecule has 0 fully saturated rings. The zero-order valence-corrected chi connectivity index (χ0v) is 6.71. The highest BCUT2D eigenvalue weighted by atomic mass is 19.1. The Balaban J connectivity index is 3.16.